The van der Waals surface area contributed by atoms with Gasteiger partial charge in [-0.15, -0.1) is 0 Å². The summed E-state index contributed by atoms with van der Waals surface area (Å²) in [5.41, 5.74) is 8.85. The number of benzene rings is 1. The molecule has 0 fully saturated rings. The van der Waals surface area contributed by atoms with Gasteiger partial charge in [0.05, 0.1) is 5.70 Å². The molecule has 0 aliphatic heterocycles. The zero-order valence-corrected chi connectivity index (χ0v) is 14.2. The number of ether oxygens (including phenoxy) is 1. The lowest BCUT2D eigenvalue weighted by molar-refractivity contribution is -0.119. The van der Waals surface area contributed by atoms with Gasteiger partial charge in [-0.1, -0.05) is 50.5 Å². The van der Waals surface area contributed by atoms with Crippen molar-refractivity contribution in [1.82, 2.24) is 5.32 Å². The van der Waals surface area contributed by atoms with Crippen LogP contribution in [0.1, 0.15) is 50.7 Å². The van der Waals surface area contributed by atoms with E-state index in [4.69, 9.17) is 10.5 Å². The molecular weight excluding hydrogens is 288 g/mol. The Labute approximate surface area is 139 Å². The van der Waals surface area contributed by atoms with E-state index in [-0.39, 0.29) is 11.9 Å². The van der Waals surface area contributed by atoms with Crippen LogP contribution in [0.2, 0.25) is 0 Å². The molecule has 0 heterocycles. The van der Waals surface area contributed by atoms with Crippen LogP contribution in [0.15, 0.2) is 35.7 Å². The van der Waals surface area contributed by atoms with Crippen LogP contribution in [0.25, 0.3) is 0 Å². The predicted octanol–water partition coefficient (Wildman–Crippen LogP) is 3.06. The average Bonchev–Trinajstić information content (AvgIpc) is 2.94. The molecule has 4 nitrogen and oxygen atoms in total. The quantitative estimate of drug-likeness (QED) is 0.418. The zero-order valence-electron chi connectivity index (χ0n) is 14.2. The predicted molar refractivity (Wildman–Crippen MR) is 92.8 cm³/mol. The highest BCUT2D eigenvalue weighted by Crippen LogP contribution is 2.25. The molecule has 0 unspecified atom stereocenters. The number of unbranched alkanes of at least 4 members (excludes halogenated alkanes) is 3. The molecule has 2 rings (SSSR count). The Kier molecular flexibility index (Phi) is 6.51. The normalized spacial score (nSPS) is 15.0. The van der Waals surface area contributed by atoms with Gasteiger partial charge < -0.3 is 15.8 Å². The number of hydrogen-bond acceptors (Lipinski definition) is 3. The third-order valence-corrected chi connectivity index (χ3v) is 4.28. The third-order valence-electron chi connectivity index (χ3n) is 4.28. The molecule has 0 spiro atoms. The Hall–Kier alpha value is -1.97. The number of rotatable bonds is 9. The maximum absolute atomic E-state index is 11.7. The van der Waals surface area contributed by atoms with Gasteiger partial charge in [0.2, 0.25) is 5.76 Å². The number of allylic oxidation sites excluding steroid dienone is 1. The fraction of sp³-hybridized carbons (Fsp3) is 0.526. The van der Waals surface area contributed by atoms with Gasteiger partial charge in [0.1, 0.15) is 6.10 Å². The van der Waals surface area contributed by atoms with E-state index in [1.54, 1.807) is 0 Å². The van der Waals surface area contributed by atoms with E-state index in [9.17, 15) is 4.79 Å². The van der Waals surface area contributed by atoms with Crippen LogP contribution in [0.5, 0.6) is 0 Å². The highest BCUT2D eigenvalue weighted by molar-refractivity contribution is 5.90. The van der Waals surface area contributed by atoms with Gasteiger partial charge in [-0.2, -0.15) is 0 Å². The topological polar surface area (TPSA) is 64.3 Å². The molecule has 23 heavy (non-hydrogen) atoms. The Bertz CT molecular complexity index is 541. The van der Waals surface area contributed by atoms with Crippen molar-refractivity contribution in [2.24, 2.45) is 5.73 Å². The molecule has 1 aliphatic carbocycles. The second-order valence-corrected chi connectivity index (χ2v) is 6.22. The number of fused-ring (bicyclic) bond motifs is 1. The summed E-state index contributed by atoms with van der Waals surface area (Å²) in [7, 11) is 0. The van der Waals surface area contributed by atoms with E-state index in [0.717, 1.165) is 31.5 Å². The summed E-state index contributed by atoms with van der Waals surface area (Å²) < 4.78 is 5.94. The minimum atomic E-state index is -0.500. The first kappa shape index (κ1) is 17.4. The number of carbonyl (C=O) groups excluding carboxylic acids is 1. The SMILES string of the molecule is CCCCCCN/C(C)=C(\OC1Cc2ccccc2C1)C(N)=O. The maximum Gasteiger partial charge on any atom is 0.285 e. The number of amides is 1. The molecule has 1 amide bonds. The van der Waals surface area contributed by atoms with Gasteiger partial charge in [-0.05, 0) is 24.5 Å². The fourth-order valence-corrected chi connectivity index (χ4v) is 3.01. The Morgan fingerprint density at radius 1 is 1.22 bits per heavy atom. The van der Waals surface area contributed by atoms with Gasteiger partial charge in [-0.25, -0.2) is 0 Å². The summed E-state index contributed by atoms with van der Waals surface area (Å²) in [4.78, 5) is 11.7. The first-order valence-corrected chi connectivity index (χ1v) is 8.59. The van der Waals surface area contributed by atoms with E-state index in [0.29, 0.717) is 0 Å². The van der Waals surface area contributed by atoms with Crippen LogP contribution in [-0.2, 0) is 22.4 Å². The molecule has 0 radical (unpaired) electrons. The maximum atomic E-state index is 11.7. The van der Waals surface area contributed by atoms with Crippen molar-refractivity contribution in [1.29, 1.82) is 0 Å². The number of hydrogen-bond donors (Lipinski definition) is 2. The van der Waals surface area contributed by atoms with Crippen molar-refractivity contribution < 1.29 is 9.53 Å². The molecule has 0 saturated heterocycles. The van der Waals surface area contributed by atoms with Crippen molar-refractivity contribution in [2.45, 2.75) is 58.5 Å². The third kappa shape index (κ3) is 5.02. The summed E-state index contributed by atoms with van der Waals surface area (Å²) in [5, 5.41) is 3.27. The minimum Gasteiger partial charge on any atom is -0.483 e. The first-order chi connectivity index (χ1) is 11.1. The minimum absolute atomic E-state index is 0.00765. The molecule has 1 aliphatic rings. The number of nitrogens with one attached hydrogen (secondary N) is 1. The largest absolute Gasteiger partial charge is 0.483 e. The lowest BCUT2D eigenvalue weighted by Gasteiger charge is -2.17. The zero-order chi connectivity index (χ0) is 16.7. The van der Waals surface area contributed by atoms with Crippen molar-refractivity contribution in [2.75, 3.05) is 6.54 Å². The molecule has 0 saturated carbocycles. The molecule has 0 atom stereocenters. The molecule has 0 bridgehead atoms. The monoisotopic (exact) mass is 316 g/mol. The van der Waals surface area contributed by atoms with Crippen LogP contribution < -0.4 is 11.1 Å². The van der Waals surface area contributed by atoms with Crippen molar-refractivity contribution >= 4 is 5.91 Å². The van der Waals surface area contributed by atoms with Gasteiger partial charge in [0.25, 0.3) is 5.91 Å². The Morgan fingerprint density at radius 3 is 2.43 bits per heavy atom. The van der Waals surface area contributed by atoms with Crippen LogP contribution in [0, 0.1) is 0 Å². The highest BCUT2D eigenvalue weighted by Gasteiger charge is 2.25. The van der Waals surface area contributed by atoms with Crippen LogP contribution in [-0.4, -0.2) is 18.6 Å². The lowest BCUT2D eigenvalue weighted by atomic mass is 10.1. The van der Waals surface area contributed by atoms with E-state index < -0.39 is 5.91 Å². The molecule has 3 N–H and O–H groups in total. The van der Waals surface area contributed by atoms with Crippen LogP contribution >= 0.6 is 0 Å². The van der Waals surface area contributed by atoms with E-state index in [1.807, 2.05) is 19.1 Å². The summed E-state index contributed by atoms with van der Waals surface area (Å²) in [6, 6.07) is 8.31. The molecule has 1 aromatic rings. The van der Waals surface area contributed by atoms with Crippen molar-refractivity contribution in [3.8, 4) is 0 Å². The smallest absolute Gasteiger partial charge is 0.285 e. The van der Waals surface area contributed by atoms with E-state index >= 15 is 0 Å². The second kappa shape index (κ2) is 8.61. The number of primary amides is 1. The molecule has 126 valence electrons. The standard InChI is InChI=1S/C19H28N2O2/c1-3-4-5-8-11-21-14(2)18(19(20)22)23-17-12-15-9-6-7-10-16(15)13-17/h6-7,9-10,17,21H,3-5,8,11-13H2,1-2H3,(H2,20,22)/b18-14-. The van der Waals surface area contributed by atoms with Crippen LogP contribution in [0.4, 0.5) is 0 Å². The molecule has 0 aromatic heterocycles. The lowest BCUT2D eigenvalue weighted by Crippen LogP contribution is -2.27. The van der Waals surface area contributed by atoms with Gasteiger partial charge in [0, 0.05) is 19.4 Å². The van der Waals surface area contributed by atoms with E-state index in [2.05, 4.69) is 24.4 Å². The second-order valence-electron chi connectivity index (χ2n) is 6.22. The molecule has 4 heteroatoms. The van der Waals surface area contributed by atoms with Crippen LogP contribution in [0.3, 0.4) is 0 Å². The fourth-order valence-electron chi connectivity index (χ4n) is 3.01. The number of nitrogens with two attached hydrogens (primary N) is 1. The highest BCUT2D eigenvalue weighted by atomic mass is 16.5. The van der Waals surface area contributed by atoms with E-state index in [1.165, 1.54) is 30.4 Å². The van der Waals surface area contributed by atoms with Gasteiger partial charge >= 0.3 is 0 Å². The number of carbonyl (C=O) groups is 1. The average molecular weight is 316 g/mol. The van der Waals surface area contributed by atoms with Crippen molar-refractivity contribution in [3.05, 3.63) is 46.8 Å². The molecular formula is C19H28N2O2. The van der Waals surface area contributed by atoms with Crippen molar-refractivity contribution in [3.63, 3.8) is 0 Å². The summed E-state index contributed by atoms with van der Waals surface area (Å²) >= 11 is 0. The summed E-state index contributed by atoms with van der Waals surface area (Å²) in [6.45, 7) is 4.90. The summed E-state index contributed by atoms with van der Waals surface area (Å²) in [5.74, 6) is -0.224. The Morgan fingerprint density at radius 2 is 1.87 bits per heavy atom. The van der Waals surface area contributed by atoms with Gasteiger partial charge in [0.15, 0.2) is 0 Å². The first-order valence-electron chi connectivity index (χ1n) is 8.59. The van der Waals surface area contributed by atoms with Gasteiger partial charge in [-0.3, -0.25) is 4.79 Å². The summed E-state index contributed by atoms with van der Waals surface area (Å²) in [6.07, 6.45) is 6.39. The Balaban J connectivity index is 1.91. The molecule has 1 aromatic carbocycles.